The normalized spacial score (nSPS) is 16.3. The highest BCUT2D eigenvalue weighted by atomic mass is 16.5. The van der Waals surface area contributed by atoms with Crippen molar-refractivity contribution in [2.75, 3.05) is 11.4 Å². The van der Waals surface area contributed by atoms with E-state index in [1.165, 1.54) is 0 Å². The molecule has 0 N–H and O–H groups in total. The van der Waals surface area contributed by atoms with Crippen molar-refractivity contribution in [3.8, 4) is 11.4 Å². The molecule has 0 saturated carbocycles. The van der Waals surface area contributed by atoms with E-state index < -0.39 is 0 Å². The summed E-state index contributed by atoms with van der Waals surface area (Å²) in [4.78, 5) is 35.7. The molecule has 8 nitrogen and oxygen atoms in total. The largest absolute Gasteiger partial charge is 0.339 e. The molecule has 0 bridgehead atoms. The van der Waals surface area contributed by atoms with E-state index in [1.54, 1.807) is 16.4 Å². The first-order valence-corrected chi connectivity index (χ1v) is 10.7. The molecule has 1 atom stereocenters. The van der Waals surface area contributed by atoms with Crippen LogP contribution < -0.4 is 10.5 Å². The average Bonchev–Trinajstić information content (AvgIpc) is 3.42. The molecule has 2 aromatic carbocycles. The van der Waals surface area contributed by atoms with E-state index in [9.17, 15) is 9.59 Å². The van der Waals surface area contributed by atoms with Crippen LogP contribution in [-0.2, 0) is 11.3 Å². The molecule has 162 valence electrons. The van der Waals surface area contributed by atoms with Crippen LogP contribution in [0.1, 0.15) is 36.4 Å². The summed E-state index contributed by atoms with van der Waals surface area (Å²) >= 11 is 0. The van der Waals surface area contributed by atoms with Crippen molar-refractivity contribution in [3.63, 3.8) is 0 Å². The summed E-state index contributed by atoms with van der Waals surface area (Å²) in [6.07, 6.45) is 0.330. The molecule has 4 aromatic rings. The number of hydrogen-bond acceptors (Lipinski definition) is 6. The molecule has 1 aliphatic heterocycles. The predicted molar refractivity (Wildman–Crippen MR) is 121 cm³/mol. The second kappa shape index (κ2) is 7.71. The van der Waals surface area contributed by atoms with Gasteiger partial charge in [0.15, 0.2) is 0 Å². The fourth-order valence-electron chi connectivity index (χ4n) is 4.19. The minimum Gasteiger partial charge on any atom is -0.339 e. The molecule has 0 radical (unpaired) electrons. The zero-order valence-corrected chi connectivity index (χ0v) is 18.2. The van der Waals surface area contributed by atoms with Crippen LogP contribution in [0.15, 0.2) is 51.8 Å². The van der Waals surface area contributed by atoms with E-state index in [2.05, 4.69) is 15.1 Å². The number of hydrogen-bond donors (Lipinski definition) is 0. The lowest BCUT2D eigenvalue weighted by Crippen LogP contribution is -2.24. The second-order valence-electron chi connectivity index (χ2n) is 8.15. The number of nitrogens with zero attached hydrogens (tertiary/aromatic N) is 5. The Bertz CT molecular complexity index is 1390. The van der Waals surface area contributed by atoms with Crippen molar-refractivity contribution in [1.82, 2.24) is 19.7 Å². The molecule has 0 aliphatic carbocycles. The monoisotopic (exact) mass is 429 g/mol. The highest BCUT2D eigenvalue weighted by molar-refractivity contribution is 5.96. The number of aryl methyl sites for hydroxylation is 3. The maximum Gasteiger partial charge on any atom is 0.272 e. The third-order valence-electron chi connectivity index (χ3n) is 5.95. The highest BCUT2D eigenvalue weighted by Crippen LogP contribution is 2.32. The van der Waals surface area contributed by atoms with Crippen LogP contribution in [0.3, 0.4) is 0 Å². The van der Waals surface area contributed by atoms with Crippen LogP contribution in [0, 0.1) is 13.8 Å². The first-order chi connectivity index (χ1) is 15.4. The van der Waals surface area contributed by atoms with Crippen LogP contribution in [0.25, 0.3) is 22.4 Å². The maximum atomic E-state index is 12.6. The molecule has 0 spiro atoms. The zero-order chi connectivity index (χ0) is 22.4. The van der Waals surface area contributed by atoms with Crippen molar-refractivity contribution in [1.29, 1.82) is 0 Å². The lowest BCUT2D eigenvalue weighted by atomic mass is 10.1. The Morgan fingerprint density at radius 1 is 1.06 bits per heavy atom. The molecule has 1 aliphatic rings. The van der Waals surface area contributed by atoms with Gasteiger partial charge in [0.05, 0.1) is 17.0 Å². The number of aromatic nitrogens is 4. The molecule has 1 amide bonds. The third-order valence-corrected chi connectivity index (χ3v) is 5.95. The smallest absolute Gasteiger partial charge is 0.272 e. The van der Waals surface area contributed by atoms with Gasteiger partial charge >= 0.3 is 0 Å². The van der Waals surface area contributed by atoms with Crippen LogP contribution in [0.2, 0.25) is 0 Å². The lowest BCUT2D eigenvalue weighted by molar-refractivity contribution is -0.117. The minimum absolute atomic E-state index is 0.0431. The third kappa shape index (κ3) is 3.37. The molecule has 0 unspecified atom stereocenters. The van der Waals surface area contributed by atoms with Crippen molar-refractivity contribution in [2.24, 2.45) is 0 Å². The molecular formula is C24H23N5O3. The van der Waals surface area contributed by atoms with Gasteiger partial charge in [-0.15, -0.1) is 0 Å². The molecule has 32 heavy (non-hydrogen) atoms. The Morgan fingerprint density at radius 3 is 2.59 bits per heavy atom. The quantitative estimate of drug-likeness (QED) is 0.492. The van der Waals surface area contributed by atoms with Gasteiger partial charge < -0.3 is 14.0 Å². The topological polar surface area (TPSA) is 94.1 Å². The van der Waals surface area contributed by atoms with Gasteiger partial charge in [-0.25, -0.2) is 4.98 Å². The van der Waals surface area contributed by atoms with Gasteiger partial charge in [-0.05, 0) is 51.1 Å². The van der Waals surface area contributed by atoms with Crippen molar-refractivity contribution >= 4 is 22.6 Å². The van der Waals surface area contributed by atoms with Gasteiger partial charge in [0.25, 0.3) is 5.56 Å². The van der Waals surface area contributed by atoms with E-state index >= 15 is 0 Å². The number of rotatable bonds is 4. The zero-order valence-electron chi connectivity index (χ0n) is 18.2. The molecule has 3 heterocycles. The van der Waals surface area contributed by atoms with E-state index in [4.69, 9.17) is 4.52 Å². The van der Waals surface area contributed by atoms with Gasteiger partial charge in [-0.3, -0.25) is 9.59 Å². The van der Waals surface area contributed by atoms with Crippen molar-refractivity contribution < 1.29 is 9.32 Å². The van der Waals surface area contributed by atoms with E-state index in [1.807, 2.05) is 56.3 Å². The van der Waals surface area contributed by atoms with Gasteiger partial charge in [0, 0.05) is 30.8 Å². The predicted octanol–water partition coefficient (Wildman–Crippen LogP) is 3.60. The molecule has 1 saturated heterocycles. The van der Waals surface area contributed by atoms with Crippen molar-refractivity contribution in [2.45, 2.75) is 39.7 Å². The van der Waals surface area contributed by atoms with E-state index in [0.29, 0.717) is 42.4 Å². The van der Waals surface area contributed by atoms with Crippen LogP contribution >= 0.6 is 0 Å². The summed E-state index contributed by atoms with van der Waals surface area (Å²) in [5, 5.41) is 4.14. The molecule has 1 fully saturated rings. The second-order valence-corrected chi connectivity index (χ2v) is 8.15. The number of carbonyl (C=O) groups is 1. The number of anilines is 1. The fraction of sp³-hybridized carbons (Fsp3) is 0.292. The summed E-state index contributed by atoms with van der Waals surface area (Å²) in [7, 11) is 0. The number of amides is 1. The first-order valence-electron chi connectivity index (χ1n) is 10.7. The van der Waals surface area contributed by atoms with Gasteiger partial charge in [0.2, 0.25) is 17.6 Å². The maximum absolute atomic E-state index is 12.6. The Balaban J connectivity index is 1.43. The minimum atomic E-state index is -0.156. The average molecular weight is 429 g/mol. The molecule has 8 heteroatoms. The summed E-state index contributed by atoms with van der Waals surface area (Å²) in [6.45, 7) is 6.73. The van der Waals surface area contributed by atoms with Crippen LogP contribution in [-0.4, -0.2) is 32.1 Å². The van der Waals surface area contributed by atoms with Gasteiger partial charge in [-0.2, -0.15) is 4.98 Å². The van der Waals surface area contributed by atoms with Crippen molar-refractivity contribution in [3.05, 3.63) is 70.0 Å². The number of carbonyl (C=O) groups excluding carboxylic acids is 1. The number of benzene rings is 2. The Labute approximate surface area is 184 Å². The summed E-state index contributed by atoms with van der Waals surface area (Å²) in [6, 6.07) is 13.5. The summed E-state index contributed by atoms with van der Waals surface area (Å²) in [5.74, 6) is 0.778. The molecule has 5 rings (SSSR count). The fourth-order valence-corrected chi connectivity index (χ4v) is 4.19. The van der Waals surface area contributed by atoms with E-state index in [-0.39, 0.29) is 17.4 Å². The van der Waals surface area contributed by atoms with Crippen LogP contribution in [0.4, 0.5) is 5.69 Å². The Kier molecular flexibility index (Phi) is 4.84. The van der Waals surface area contributed by atoms with Crippen LogP contribution in [0.5, 0.6) is 0 Å². The lowest BCUT2D eigenvalue weighted by Gasteiger charge is -2.16. The number of fused-ring (bicyclic) bond motifs is 1. The van der Waals surface area contributed by atoms with Gasteiger partial charge in [0.1, 0.15) is 5.69 Å². The summed E-state index contributed by atoms with van der Waals surface area (Å²) in [5.41, 5.74) is 4.61. The molecule has 2 aromatic heterocycles. The SMILES string of the molecule is CCn1c(=O)c(C)nc2cc(-c3noc([C@H]4CC(=O)N(c5ccc(C)cc5)C4)n3)ccc21. The Hall–Kier alpha value is -3.81. The summed E-state index contributed by atoms with van der Waals surface area (Å²) < 4.78 is 7.24. The first kappa shape index (κ1) is 20.1. The standard InChI is InChI=1S/C24H23N5O3/c1-4-28-20-10-7-16(11-19(20)25-15(3)24(28)31)22-26-23(32-27-22)17-12-21(30)29(13-17)18-8-5-14(2)6-9-18/h5-11,17H,4,12-13H2,1-3H3/t17-/m0/s1. The Morgan fingerprint density at radius 2 is 1.84 bits per heavy atom. The highest BCUT2D eigenvalue weighted by Gasteiger charge is 2.35. The molecular weight excluding hydrogens is 406 g/mol. The van der Waals surface area contributed by atoms with E-state index in [0.717, 1.165) is 22.3 Å². The van der Waals surface area contributed by atoms with Gasteiger partial charge in [-0.1, -0.05) is 22.9 Å².